The van der Waals surface area contributed by atoms with Crippen LogP contribution in [-0.4, -0.2) is 34.6 Å². The normalized spacial score (nSPS) is 12.5. The second kappa shape index (κ2) is 7.04. The van der Waals surface area contributed by atoms with Gasteiger partial charge in [0.1, 0.15) is 0 Å². The maximum atomic E-state index is 8.75. The molecule has 1 heterocycles. The molecule has 0 amide bonds. The van der Waals surface area contributed by atoms with Gasteiger partial charge in [0, 0.05) is 31.5 Å². The Bertz CT molecular complexity index is 484. The third-order valence-electron chi connectivity index (χ3n) is 2.83. The summed E-state index contributed by atoms with van der Waals surface area (Å²) in [7, 11) is 0. The third-order valence-corrected chi connectivity index (χ3v) is 2.83. The van der Waals surface area contributed by atoms with Crippen molar-refractivity contribution >= 4 is 0 Å². The van der Waals surface area contributed by atoms with Crippen molar-refractivity contribution in [3.8, 4) is 5.69 Å². The Morgan fingerprint density at radius 3 is 2.79 bits per heavy atom. The summed E-state index contributed by atoms with van der Waals surface area (Å²) >= 11 is 0. The Hall–Kier alpha value is -1.69. The van der Waals surface area contributed by atoms with E-state index in [4.69, 9.17) is 15.6 Å². The van der Waals surface area contributed by atoms with Crippen molar-refractivity contribution in [2.45, 2.75) is 12.5 Å². The number of hydrogen-bond donors (Lipinski definition) is 2. The summed E-state index contributed by atoms with van der Waals surface area (Å²) in [6.07, 6.45) is 4.13. The average Bonchev–Trinajstić information content (AvgIpc) is 2.94. The maximum absolute atomic E-state index is 8.75. The van der Waals surface area contributed by atoms with Crippen LogP contribution < -0.4 is 5.73 Å². The van der Waals surface area contributed by atoms with Crippen LogP contribution in [0.3, 0.4) is 0 Å². The lowest BCUT2D eigenvalue weighted by atomic mass is 10.2. The zero-order chi connectivity index (χ0) is 13.5. The van der Waals surface area contributed by atoms with Crippen molar-refractivity contribution in [2.24, 2.45) is 5.73 Å². The number of aromatic nitrogens is 2. The van der Waals surface area contributed by atoms with E-state index in [1.54, 1.807) is 10.9 Å². The highest BCUT2D eigenvalue weighted by molar-refractivity contribution is 5.31. The molecule has 19 heavy (non-hydrogen) atoms. The first-order valence-corrected chi connectivity index (χ1v) is 6.37. The van der Waals surface area contributed by atoms with Gasteiger partial charge in [-0.2, -0.15) is 5.10 Å². The number of aliphatic hydroxyl groups excluding tert-OH is 1. The van der Waals surface area contributed by atoms with Crippen molar-refractivity contribution in [3.63, 3.8) is 0 Å². The van der Waals surface area contributed by atoms with Gasteiger partial charge in [-0.1, -0.05) is 18.2 Å². The van der Waals surface area contributed by atoms with Gasteiger partial charge in [-0.25, -0.2) is 4.68 Å². The first kappa shape index (κ1) is 13.7. The first-order valence-electron chi connectivity index (χ1n) is 6.37. The maximum Gasteiger partial charge on any atom is 0.0977 e. The van der Waals surface area contributed by atoms with E-state index in [1.165, 1.54) is 0 Å². The third kappa shape index (κ3) is 3.64. The van der Waals surface area contributed by atoms with Crippen LogP contribution in [0.25, 0.3) is 5.69 Å². The molecule has 1 aromatic carbocycles. The molecule has 0 saturated carbocycles. The molecule has 0 aliphatic carbocycles. The molecule has 0 aliphatic heterocycles. The summed E-state index contributed by atoms with van der Waals surface area (Å²) in [6.45, 7) is 1.02. The molecule has 2 rings (SSSR count). The molecule has 0 spiro atoms. The molecule has 3 N–H and O–H groups in total. The number of hydrogen-bond acceptors (Lipinski definition) is 4. The topological polar surface area (TPSA) is 73.3 Å². The van der Waals surface area contributed by atoms with Crippen LogP contribution in [0.15, 0.2) is 42.7 Å². The smallest absolute Gasteiger partial charge is 0.0977 e. The number of para-hydroxylation sites is 1. The number of ether oxygens (including phenoxy) is 1. The molecule has 102 valence electrons. The van der Waals surface area contributed by atoms with E-state index in [-0.39, 0.29) is 12.7 Å². The van der Waals surface area contributed by atoms with E-state index in [9.17, 15) is 0 Å². The molecule has 1 unspecified atom stereocenters. The molecule has 0 fully saturated rings. The number of rotatable bonds is 7. The second-order valence-electron chi connectivity index (χ2n) is 4.23. The van der Waals surface area contributed by atoms with Crippen LogP contribution in [0.2, 0.25) is 0 Å². The van der Waals surface area contributed by atoms with Gasteiger partial charge in [0.25, 0.3) is 0 Å². The fourth-order valence-electron chi connectivity index (χ4n) is 1.82. The lowest BCUT2D eigenvalue weighted by Gasteiger charge is -2.13. The highest BCUT2D eigenvalue weighted by atomic mass is 16.5. The Morgan fingerprint density at radius 1 is 1.32 bits per heavy atom. The first-order chi connectivity index (χ1) is 9.35. The Balaban J connectivity index is 2.06. The Morgan fingerprint density at radius 2 is 2.11 bits per heavy atom. The monoisotopic (exact) mass is 261 g/mol. The number of aliphatic hydroxyl groups is 1. The van der Waals surface area contributed by atoms with Crippen molar-refractivity contribution in [2.75, 3.05) is 19.8 Å². The van der Waals surface area contributed by atoms with Crippen molar-refractivity contribution in [3.05, 3.63) is 48.3 Å². The molecule has 5 nitrogen and oxygen atoms in total. The van der Waals surface area contributed by atoms with Gasteiger partial charge in [0.2, 0.25) is 0 Å². The summed E-state index contributed by atoms with van der Waals surface area (Å²) in [5, 5.41) is 13.1. The number of nitrogens with zero attached hydrogens (tertiary/aromatic N) is 2. The molecule has 0 aliphatic rings. The van der Waals surface area contributed by atoms with E-state index in [1.807, 2.05) is 36.5 Å². The minimum atomic E-state index is -0.177. The van der Waals surface area contributed by atoms with Gasteiger partial charge >= 0.3 is 0 Å². The van der Waals surface area contributed by atoms with Crippen LogP contribution in [0.4, 0.5) is 0 Å². The van der Waals surface area contributed by atoms with Gasteiger partial charge in [0.15, 0.2) is 0 Å². The average molecular weight is 261 g/mol. The van der Waals surface area contributed by atoms with Crippen molar-refractivity contribution < 1.29 is 9.84 Å². The van der Waals surface area contributed by atoms with E-state index < -0.39 is 0 Å². The van der Waals surface area contributed by atoms with Crippen LogP contribution in [0, 0.1) is 0 Å². The van der Waals surface area contributed by atoms with Gasteiger partial charge in [0.05, 0.1) is 18.0 Å². The molecular formula is C14H19N3O2. The van der Waals surface area contributed by atoms with Crippen LogP contribution in [-0.2, 0) is 4.74 Å². The molecule has 0 saturated heterocycles. The quantitative estimate of drug-likeness (QED) is 0.736. The van der Waals surface area contributed by atoms with E-state index in [0.29, 0.717) is 19.6 Å². The SMILES string of the molecule is NCC(OCCCO)c1cnn(-c2ccccc2)c1. The highest BCUT2D eigenvalue weighted by Crippen LogP contribution is 2.17. The number of benzene rings is 1. The lowest BCUT2D eigenvalue weighted by Crippen LogP contribution is -2.16. The number of nitrogens with two attached hydrogens (primary N) is 1. The molecular weight excluding hydrogens is 242 g/mol. The predicted octanol–water partition coefficient (Wildman–Crippen LogP) is 1.27. The summed E-state index contributed by atoms with van der Waals surface area (Å²) in [5.74, 6) is 0. The molecule has 0 radical (unpaired) electrons. The van der Waals surface area contributed by atoms with E-state index >= 15 is 0 Å². The molecule has 0 bridgehead atoms. The zero-order valence-corrected chi connectivity index (χ0v) is 10.8. The highest BCUT2D eigenvalue weighted by Gasteiger charge is 2.12. The van der Waals surface area contributed by atoms with Crippen LogP contribution in [0.1, 0.15) is 18.1 Å². The Labute approximate surface area is 112 Å². The van der Waals surface area contributed by atoms with Crippen LogP contribution in [0.5, 0.6) is 0 Å². The molecule has 1 aromatic heterocycles. The van der Waals surface area contributed by atoms with Crippen molar-refractivity contribution in [1.82, 2.24) is 9.78 Å². The van der Waals surface area contributed by atoms with E-state index in [2.05, 4.69) is 5.10 Å². The molecule has 5 heteroatoms. The summed E-state index contributed by atoms with van der Waals surface area (Å²) in [5.41, 5.74) is 7.66. The minimum Gasteiger partial charge on any atom is -0.396 e. The fourth-order valence-corrected chi connectivity index (χ4v) is 1.82. The van der Waals surface area contributed by atoms with Crippen molar-refractivity contribution in [1.29, 1.82) is 0 Å². The van der Waals surface area contributed by atoms with Gasteiger partial charge < -0.3 is 15.6 Å². The molecule has 1 atom stereocenters. The van der Waals surface area contributed by atoms with E-state index in [0.717, 1.165) is 11.3 Å². The fraction of sp³-hybridized carbons (Fsp3) is 0.357. The van der Waals surface area contributed by atoms with Gasteiger partial charge in [-0.3, -0.25) is 0 Å². The summed E-state index contributed by atoms with van der Waals surface area (Å²) < 4.78 is 7.43. The Kier molecular flexibility index (Phi) is 5.09. The van der Waals surface area contributed by atoms with Crippen LogP contribution >= 0.6 is 0 Å². The van der Waals surface area contributed by atoms with Gasteiger partial charge in [-0.05, 0) is 18.6 Å². The van der Waals surface area contributed by atoms with Gasteiger partial charge in [-0.15, -0.1) is 0 Å². The second-order valence-corrected chi connectivity index (χ2v) is 4.23. The standard InChI is InChI=1S/C14H19N3O2/c15-9-14(19-8-4-7-18)12-10-16-17(11-12)13-5-2-1-3-6-13/h1-3,5-6,10-11,14,18H,4,7-9,15H2. The predicted molar refractivity (Wildman–Crippen MR) is 73.0 cm³/mol. The zero-order valence-electron chi connectivity index (χ0n) is 10.8. The molecule has 2 aromatic rings. The lowest BCUT2D eigenvalue weighted by molar-refractivity contribution is 0.0488. The summed E-state index contributed by atoms with van der Waals surface area (Å²) in [6, 6.07) is 9.87. The summed E-state index contributed by atoms with van der Waals surface area (Å²) in [4.78, 5) is 0. The minimum absolute atomic E-state index is 0.126. The largest absolute Gasteiger partial charge is 0.396 e.